The molecule has 184 valence electrons. The standard InChI is InChI=1S/C26H26F3N3O3/c1-13-7-14(8-21(30)26(13)34)17-5-6-31-12-15(17)9-23(33)22-4-3-18(27)25(32-22)24-19(28)10-16(35-2)11-20(24)29/h3-6,10-14,21,26,34H,7-9,30H2,1-2H3/t13-,14+,21+,26+/m0/s1. The van der Waals surface area contributed by atoms with Crippen molar-refractivity contribution in [2.75, 3.05) is 7.11 Å². The van der Waals surface area contributed by atoms with Crippen molar-refractivity contribution in [3.63, 3.8) is 0 Å². The van der Waals surface area contributed by atoms with E-state index in [0.717, 1.165) is 23.8 Å². The quantitative estimate of drug-likeness (QED) is 0.508. The number of benzene rings is 1. The Hall–Kier alpha value is -3.30. The molecule has 0 radical (unpaired) electrons. The maximum atomic E-state index is 14.5. The number of ether oxygens (including phenoxy) is 1. The zero-order valence-electron chi connectivity index (χ0n) is 19.3. The Balaban J connectivity index is 1.64. The highest BCUT2D eigenvalue weighted by Crippen LogP contribution is 2.37. The van der Waals surface area contributed by atoms with Gasteiger partial charge in [-0.05, 0) is 54.0 Å². The van der Waals surface area contributed by atoms with E-state index in [0.29, 0.717) is 18.4 Å². The van der Waals surface area contributed by atoms with Crippen molar-refractivity contribution in [1.29, 1.82) is 0 Å². The molecule has 2 heterocycles. The Kier molecular flexibility index (Phi) is 7.18. The van der Waals surface area contributed by atoms with E-state index in [2.05, 4.69) is 9.97 Å². The highest BCUT2D eigenvalue weighted by molar-refractivity contribution is 5.96. The molecule has 35 heavy (non-hydrogen) atoms. The van der Waals surface area contributed by atoms with Crippen LogP contribution in [0.4, 0.5) is 13.2 Å². The van der Waals surface area contributed by atoms with Gasteiger partial charge in [-0.2, -0.15) is 0 Å². The number of hydrogen-bond acceptors (Lipinski definition) is 6. The maximum Gasteiger partial charge on any atom is 0.185 e. The van der Waals surface area contributed by atoms with Crippen LogP contribution in [0, 0.1) is 23.4 Å². The van der Waals surface area contributed by atoms with Crippen molar-refractivity contribution >= 4 is 5.78 Å². The minimum absolute atomic E-state index is 0.00363. The van der Waals surface area contributed by atoms with Crippen molar-refractivity contribution in [2.24, 2.45) is 11.7 Å². The summed E-state index contributed by atoms with van der Waals surface area (Å²) in [6, 6.07) is 5.44. The minimum Gasteiger partial charge on any atom is -0.497 e. The van der Waals surface area contributed by atoms with Crippen LogP contribution in [0.2, 0.25) is 0 Å². The number of Topliss-reactive ketones (excluding diaryl/α,β-unsaturated/α-hetero) is 1. The van der Waals surface area contributed by atoms with Crippen LogP contribution in [-0.2, 0) is 6.42 Å². The Morgan fingerprint density at radius 2 is 1.86 bits per heavy atom. The Morgan fingerprint density at radius 1 is 1.14 bits per heavy atom. The molecular weight excluding hydrogens is 459 g/mol. The fourth-order valence-corrected chi connectivity index (χ4v) is 4.74. The van der Waals surface area contributed by atoms with Gasteiger partial charge in [0.2, 0.25) is 0 Å². The highest BCUT2D eigenvalue weighted by Gasteiger charge is 2.34. The predicted octanol–water partition coefficient (Wildman–Crippen LogP) is 4.20. The number of aliphatic hydroxyl groups is 1. The molecule has 9 heteroatoms. The molecular formula is C26H26F3N3O3. The topological polar surface area (TPSA) is 98.3 Å². The number of ketones is 1. The van der Waals surface area contributed by atoms with E-state index in [-0.39, 0.29) is 35.7 Å². The average Bonchev–Trinajstić information content (AvgIpc) is 2.83. The van der Waals surface area contributed by atoms with Gasteiger partial charge in [0, 0.05) is 37.0 Å². The van der Waals surface area contributed by atoms with Gasteiger partial charge < -0.3 is 15.6 Å². The summed E-state index contributed by atoms with van der Waals surface area (Å²) in [4.78, 5) is 21.2. The Bertz CT molecular complexity index is 1220. The van der Waals surface area contributed by atoms with Crippen LogP contribution in [0.15, 0.2) is 42.7 Å². The lowest BCUT2D eigenvalue weighted by Crippen LogP contribution is -2.44. The number of pyridine rings is 2. The van der Waals surface area contributed by atoms with E-state index in [9.17, 15) is 23.1 Å². The third kappa shape index (κ3) is 5.06. The van der Waals surface area contributed by atoms with E-state index in [1.165, 1.54) is 13.2 Å². The first-order valence-corrected chi connectivity index (χ1v) is 11.3. The van der Waals surface area contributed by atoms with Gasteiger partial charge in [0.05, 0.1) is 18.8 Å². The van der Waals surface area contributed by atoms with E-state index >= 15 is 0 Å². The molecule has 3 aromatic rings. The number of aliphatic hydroxyl groups excluding tert-OH is 1. The first-order chi connectivity index (χ1) is 16.7. The molecule has 0 amide bonds. The molecule has 0 bridgehead atoms. The molecule has 0 spiro atoms. The normalized spacial score (nSPS) is 22.1. The van der Waals surface area contributed by atoms with Gasteiger partial charge in [0.1, 0.15) is 34.6 Å². The summed E-state index contributed by atoms with van der Waals surface area (Å²) in [5, 5.41) is 10.2. The summed E-state index contributed by atoms with van der Waals surface area (Å²) in [5.41, 5.74) is 6.28. The second kappa shape index (κ2) is 10.1. The Morgan fingerprint density at radius 3 is 2.51 bits per heavy atom. The number of methoxy groups -OCH3 is 1. The third-order valence-electron chi connectivity index (χ3n) is 6.59. The van der Waals surface area contributed by atoms with Crippen molar-refractivity contribution in [1.82, 2.24) is 9.97 Å². The van der Waals surface area contributed by atoms with Crippen LogP contribution < -0.4 is 10.5 Å². The van der Waals surface area contributed by atoms with Crippen LogP contribution in [0.5, 0.6) is 5.75 Å². The van der Waals surface area contributed by atoms with Crippen LogP contribution in [-0.4, -0.2) is 40.1 Å². The second-order valence-electron chi connectivity index (χ2n) is 8.97. The summed E-state index contributed by atoms with van der Waals surface area (Å²) in [5.74, 6) is -3.57. The number of nitrogens with two attached hydrogens (primary N) is 1. The minimum atomic E-state index is -1.06. The van der Waals surface area contributed by atoms with Gasteiger partial charge >= 0.3 is 0 Å². The summed E-state index contributed by atoms with van der Waals surface area (Å²) in [7, 11) is 1.25. The van der Waals surface area contributed by atoms with E-state index in [4.69, 9.17) is 10.5 Å². The molecule has 0 aliphatic heterocycles. The predicted molar refractivity (Wildman–Crippen MR) is 123 cm³/mol. The number of aromatic nitrogens is 2. The van der Waals surface area contributed by atoms with Crippen LogP contribution in [0.1, 0.15) is 47.3 Å². The van der Waals surface area contributed by atoms with E-state index in [1.54, 1.807) is 12.4 Å². The number of carbonyl (C=O) groups is 1. The van der Waals surface area contributed by atoms with Gasteiger partial charge in [-0.3, -0.25) is 9.78 Å². The summed E-state index contributed by atoms with van der Waals surface area (Å²) < 4.78 is 48.4. The molecule has 1 saturated carbocycles. The van der Waals surface area contributed by atoms with Gasteiger partial charge in [0.15, 0.2) is 5.78 Å². The summed E-state index contributed by atoms with van der Waals surface area (Å²) >= 11 is 0. The van der Waals surface area contributed by atoms with Crippen molar-refractivity contribution < 1.29 is 27.8 Å². The molecule has 0 unspecified atom stereocenters. The van der Waals surface area contributed by atoms with Crippen molar-refractivity contribution in [3.05, 3.63) is 77.0 Å². The lowest BCUT2D eigenvalue weighted by molar-refractivity contribution is 0.0519. The lowest BCUT2D eigenvalue weighted by atomic mass is 9.74. The smallest absolute Gasteiger partial charge is 0.185 e. The molecule has 1 aliphatic rings. The second-order valence-corrected chi connectivity index (χ2v) is 8.97. The van der Waals surface area contributed by atoms with Crippen LogP contribution >= 0.6 is 0 Å². The van der Waals surface area contributed by atoms with Gasteiger partial charge in [-0.1, -0.05) is 6.92 Å². The first-order valence-electron chi connectivity index (χ1n) is 11.3. The zero-order valence-corrected chi connectivity index (χ0v) is 19.3. The Labute approximate surface area is 201 Å². The number of carbonyl (C=O) groups excluding carboxylic acids is 1. The molecule has 6 nitrogen and oxygen atoms in total. The van der Waals surface area contributed by atoms with E-state index in [1.807, 2.05) is 13.0 Å². The molecule has 4 rings (SSSR count). The number of hydrogen-bond donors (Lipinski definition) is 2. The largest absolute Gasteiger partial charge is 0.497 e. The monoisotopic (exact) mass is 485 g/mol. The van der Waals surface area contributed by atoms with E-state index < -0.39 is 40.6 Å². The molecule has 4 atom stereocenters. The van der Waals surface area contributed by atoms with Crippen LogP contribution in [0.25, 0.3) is 11.3 Å². The lowest BCUT2D eigenvalue weighted by Gasteiger charge is -2.36. The van der Waals surface area contributed by atoms with Gasteiger partial charge in [0.25, 0.3) is 0 Å². The zero-order chi connectivity index (χ0) is 25.3. The molecule has 1 aliphatic carbocycles. The third-order valence-corrected chi connectivity index (χ3v) is 6.59. The molecule has 1 aromatic carbocycles. The van der Waals surface area contributed by atoms with Crippen molar-refractivity contribution in [2.45, 2.75) is 44.2 Å². The van der Waals surface area contributed by atoms with Crippen LogP contribution in [0.3, 0.4) is 0 Å². The first kappa shape index (κ1) is 24.8. The molecule has 0 saturated heterocycles. The molecule has 1 fully saturated rings. The number of rotatable bonds is 6. The highest BCUT2D eigenvalue weighted by atomic mass is 19.1. The molecule has 2 aromatic heterocycles. The molecule has 3 N–H and O–H groups in total. The fraction of sp³-hybridized carbons (Fsp3) is 0.346. The number of nitrogens with zero attached hydrogens (tertiary/aromatic N) is 2. The maximum absolute atomic E-state index is 14.5. The van der Waals surface area contributed by atoms with Gasteiger partial charge in [-0.15, -0.1) is 0 Å². The summed E-state index contributed by atoms with van der Waals surface area (Å²) in [6.45, 7) is 1.93. The number of halogens is 3. The fourth-order valence-electron chi connectivity index (χ4n) is 4.74. The SMILES string of the molecule is COc1cc(F)c(-c2nc(C(=O)Cc3cnccc3[C@H]3C[C@@H](N)[C@H](O)[C@@H](C)C3)ccc2F)c(F)c1. The van der Waals surface area contributed by atoms with Crippen molar-refractivity contribution in [3.8, 4) is 17.0 Å². The van der Waals surface area contributed by atoms with Gasteiger partial charge in [-0.25, -0.2) is 18.2 Å². The summed E-state index contributed by atoms with van der Waals surface area (Å²) in [6.07, 6.45) is 3.81. The average molecular weight is 486 g/mol.